The predicted octanol–water partition coefficient (Wildman–Crippen LogP) is 7.99. The van der Waals surface area contributed by atoms with Gasteiger partial charge >= 0.3 is 0 Å². The molecule has 1 rings (SSSR count). The van der Waals surface area contributed by atoms with Gasteiger partial charge in [-0.25, -0.2) is 0 Å². The van der Waals surface area contributed by atoms with Gasteiger partial charge in [-0.3, -0.25) is 0 Å². The van der Waals surface area contributed by atoms with Gasteiger partial charge in [-0.05, 0) is 59.6 Å². The van der Waals surface area contributed by atoms with Crippen LogP contribution < -0.4 is 4.74 Å². The van der Waals surface area contributed by atoms with Crippen LogP contribution in [-0.2, 0) is 4.74 Å². The Morgan fingerprint density at radius 2 is 1.61 bits per heavy atom. The fourth-order valence-electron chi connectivity index (χ4n) is 3.79. The van der Waals surface area contributed by atoms with E-state index in [-0.39, 0.29) is 11.7 Å². The third-order valence-electron chi connectivity index (χ3n) is 5.56. The SMILES string of the molecule is C=CCC(CC)CCC(OC)Oc1ccc(C(CC(C)(C)C)C(C)(C)C)cc1. The van der Waals surface area contributed by atoms with E-state index >= 15 is 0 Å². The van der Waals surface area contributed by atoms with Crippen LogP contribution in [0.1, 0.15) is 92.1 Å². The molecule has 0 bridgehead atoms. The highest BCUT2D eigenvalue weighted by molar-refractivity contribution is 5.30. The van der Waals surface area contributed by atoms with Gasteiger partial charge in [0.1, 0.15) is 5.75 Å². The van der Waals surface area contributed by atoms with Crippen LogP contribution >= 0.6 is 0 Å². The molecule has 1 aromatic rings. The van der Waals surface area contributed by atoms with E-state index in [2.05, 4.69) is 79.3 Å². The molecule has 2 nitrogen and oxygen atoms in total. The first kappa shape index (κ1) is 24.8. The Bertz CT molecular complexity index is 560. The molecule has 0 aliphatic rings. The van der Waals surface area contributed by atoms with Gasteiger partial charge < -0.3 is 9.47 Å². The Hall–Kier alpha value is -1.28. The summed E-state index contributed by atoms with van der Waals surface area (Å²) in [5.74, 6) is 2.06. The lowest BCUT2D eigenvalue weighted by molar-refractivity contribution is -0.0614. The predicted molar refractivity (Wildman–Crippen MR) is 122 cm³/mol. The standard InChI is InChI=1S/C26H44O2/c1-10-12-20(11-2)13-18-24(27-9)28-22-16-14-21(15-17-22)23(26(6,7)8)19-25(3,4)5/h10,14-17,20,23-24H,1,11-13,18-19H2,2-9H3. The van der Waals surface area contributed by atoms with E-state index < -0.39 is 0 Å². The van der Waals surface area contributed by atoms with Crippen LogP contribution in [0.3, 0.4) is 0 Å². The van der Waals surface area contributed by atoms with Crippen molar-refractivity contribution in [2.45, 2.75) is 92.8 Å². The molecule has 3 unspecified atom stereocenters. The largest absolute Gasteiger partial charge is 0.465 e. The maximum atomic E-state index is 6.11. The van der Waals surface area contributed by atoms with E-state index in [1.165, 1.54) is 18.4 Å². The van der Waals surface area contributed by atoms with Gasteiger partial charge in [0.15, 0.2) is 6.29 Å². The number of methoxy groups -OCH3 is 1. The zero-order valence-electron chi connectivity index (χ0n) is 19.7. The number of ether oxygens (including phenoxy) is 2. The quantitative estimate of drug-likeness (QED) is 0.282. The van der Waals surface area contributed by atoms with Gasteiger partial charge in [-0.2, -0.15) is 0 Å². The van der Waals surface area contributed by atoms with E-state index in [0.29, 0.717) is 17.3 Å². The first-order chi connectivity index (χ1) is 13.0. The summed E-state index contributed by atoms with van der Waals surface area (Å²) < 4.78 is 11.7. The summed E-state index contributed by atoms with van der Waals surface area (Å²) in [6.45, 7) is 20.1. The third kappa shape index (κ3) is 8.82. The molecule has 0 heterocycles. The molecule has 28 heavy (non-hydrogen) atoms. The molecule has 0 spiro atoms. The molecule has 0 radical (unpaired) electrons. The fourth-order valence-corrected chi connectivity index (χ4v) is 3.79. The summed E-state index contributed by atoms with van der Waals surface area (Å²) in [6.07, 6.45) is 7.20. The van der Waals surface area contributed by atoms with Crippen LogP contribution in [0.5, 0.6) is 5.75 Å². The Labute approximate surface area is 174 Å². The first-order valence-corrected chi connectivity index (χ1v) is 10.9. The van der Waals surface area contributed by atoms with Crippen molar-refractivity contribution in [1.29, 1.82) is 0 Å². The van der Waals surface area contributed by atoms with Gasteiger partial charge in [0.25, 0.3) is 0 Å². The summed E-state index contributed by atoms with van der Waals surface area (Å²) in [4.78, 5) is 0. The van der Waals surface area contributed by atoms with Gasteiger partial charge in [-0.15, -0.1) is 6.58 Å². The molecule has 0 aliphatic heterocycles. The van der Waals surface area contributed by atoms with E-state index in [9.17, 15) is 0 Å². The summed E-state index contributed by atoms with van der Waals surface area (Å²) in [7, 11) is 1.73. The second-order valence-corrected chi connectivity index (χ2v) is 10.4. The van der Waals surface area contributed by atoms with E-state index in [1.54, 1.807) is 7.11 Å². The van der Waals surface area contributed by atoms with Crippen LogP contribution in [0.2, 0.25) is 0 Å². The average molecular weight is 389 g/mol. The molecule has 0 saturated heterocycles. The van der Waals surface area contributed by atoms with Crippen molar-refractivity contribution < 1.29 is 9.47 Å². The van der Waals surface area contributed by atoms with Crippen molar-refractivity contribution in [1.82, 2.24) is 0 Å². The Morgan fingerprint density at radius 1 is 1.00 bits per heavy atom. The van der Waals surface area contributed by atoms with Gasteiger partial charge in [0.2, 0.25) is 0 Å². The molecule has 160 valence electrons. The van der Waals surface area contributed by atoms with Crippen molar-refractivity contribution >= 4 is 0 Å². The molecule has 2 heteroatoms. The summed E-state index contributed by atoms with van der Waals surface area (Å²) >= 11 is 0. The second kappa shape index (κ2) is 11.0. The maximum Gasteiger partial charge on any atom is 0.199 e. The minimum Gasteiger partial charge on any atom is -0.465 e. The molecule has 0 amide bonds. The highest BCUT2D eigenvalue weighted by Crippen LogP contribution is 2.43. The van der Waals surface area contributed by atoms with Crippen molar-refractivity contribution in [3.63, 3.8) is 0 Å². The van der Waals surface area contributed by atoms with Crippen molar-refractivity contribution in [2.24, 2.45) is 16.7 Å². The Kier molecular flexibility index (Phi) is 9.77. The van der Waals surface area contributed by atoms with E-state index in [1.807, 2.05) is 6.08 Å². The van der Waals surface area contributed by atoms with Crippen molar-refractivity contribution in [3.05, 3.63) is 42.5 Å². The Morgan fingerprint density at radius 3 is 2.04 bits per heavy atom. The molecule has 0 fully saturated rings. The molecule has 0 saturated carbocycles. The third-order valence-corrected chi connectivity index (χ3v) is 5.56. The van der Waals surface area contributed by atoms with Crippen LogP contribution in [0.25, 0.3) is 0 Å². The number of hydrogen-bond acceptors (Lipinski definition) is 2. The van der Waals surface area contributed by atoms with Crippen LogP contribution in [0.15, 0.2) is 36.9 Å². The molecular formula is C26H44O2. The zero-order valence-corrected chi connectivity index (χ0v) is 19.7. The van der Waals surface area contributed by atoms with Crippen LogP contribution in [-0.4, -0.2) is 13.4 Å². The summed E-state index contributed by atoms with van der Waals surface area (Å²) in [6, 6.07) is 8.67. The monoisotopic (exact) mass is 388 g/mol. The summed E-state index contributed by atoms with van der Waals surface area (Å²) in [5, 5.41) is 0. The van der Waals surface area contributed by atoms with Gasteiger partial charge in [-0.1, -0.05) is 73.1 Å². The molecular weight excluding hydrogens is 344 g/mol. The average Bonchev–Trinajstić information content (AvgIpc) is 2.61. The molecule has 0 aliphatic carbocycles. The highest BCUT2D eigenvalue weighted by atomic mass is 16.7. The maximum absolute atomic E-state index is 6.11. The number of hydrogen-bond donors (Lipinski definition) is 0. The Balaban J connectivity index is 2.79. The van der Waals surface area contributed by atoms with E-state index in [0.717, 1.165) is 25.0 Å². The topological polar surface area (TPSA) is 18.5 Å². The minimum absolute atomic E-state index is 0.197. The molecule has 0 N–H and O–H groups in total. The summed E-state index contributed by atoms with van der Waals surface area (Å²) in [5.41, 5.74) is 1.92. The lowest BCUT2D eigenvalue weighted by Gasteiger charge is -2.36. The molecule has 0 aromatic heterocycles. The minimum atomic E-state index is -0.197. The van der Waals surface area contributed by atoms with Gasteiger partial charge in [0, 0.05) is 13.5 Å². The normalized spacial score (nSPS) is 15.7. The zero-order chi connectivity index (χ0) is 21.4. The lowest BCUT2D eigenvalue weighted by atomic mass is 9.69. The number of benzene rings is 1. The number of rotatable bonds is 11. The lowest BCUT2D eigenvalue weighted by Crippen LogP contribution is -2.24. The van der Waals surface area contributed by atoms with E-state index in [4.69, 9.17) is 9.47 Å². The fraction of sp³-hybridized carbons (Fsp3) is 0.692. The molecule has 3 atom stereocenters. The van der Waals surface area contributed by atoms with Crippen molar-refractivity contribution in [3.8, 4) is 5.75 Å². The molecule has 1 aromatic carbocycles. The second-order valence-electron chi connectivity index (χ2n) is 10.4. The highest BCUT2D eigenvalue weighted by Gasteiger charge is 2.30. The van der Waals surface area contributed by atoms with Crippen LogP contribution in [0.4, 0.5) is 0 Å². The number of allylic oxidation sites excluding steroid dienone is 1. The smallest absolute Gasteiger partial charge is 0.199 e. The van der Waals surface area contributed by atoms with Gasteiger partial charge in [0.05, 0.1) is 0 Å². The van der Waals surface area contributed by atoms with Crippen LogP contribution in [0, 0.1) is 16.7 Å². The first-order valence-electron chi connectivity index (χ1n) is 10.9. The van der Waals surface area contributed by atoms with Crippen molar-refractivity contribution in [2.75, 3.05) is 7.11 Å².